The molecule has 4 nitrogen and oxygen atoms in total. The predicted molar refractivity (Wildman–Crippen MR) is 83.9 cm³/mol. The molecule has 4 heteroatoms. The van der Waals surface area contributed by atoms with Gasteiger partial charge in [0.25, 0.3) is 0 Å². The van der Waals surface area contributed by atoms with Crippen molar-refractivity contribution in [3.8, 4) is 11.5 Å². The van der Waals surface area contributed by atoms with E-state index in [1.807, 2.05) is 24.3 Å². The number of benzene rings is 1. The van der Waals surface area contributed by atoms with E-state index < -0.39 is 6.10 Å². The quantitative estimate of drug-likeness (QED) is 0.773. The first-order chi connectivity index (χ1) is 10.1. The molecule has 1 unspecified atom stereocenters. The van der Waals surface area contributed by atoms with E-state index in [1.165, 1.54) is 25.7 Å². The fourth-order valence-corrected chi connectivity index (χ4v) is 2.93. The third-order valence-corrected chi connectivity index (χ3v) is 4.24. The van der Waals surface area contributed by atoms with Gasteiger partial charge in [-0.05, 0) is 30.4 Å². The van der Waals surface area contributed by atoms with Crippen LogP contribution in [-0.2, 0) is 0 Å². The molecule has 0 aromatic heterocycles. The number of hydrogen-bond acceptors (Lipinski definition) is 4. The van der Waals surface area contributed by atoms with Crippen LogP contribution in [0.4, 0.5) is 0 Å². The van der Waals surface area contributed by atoms with Crippen molar-refractivity contribution in [1.29, 1.82) is 0 Å². The molecule has 118 valence electrons. The van der Waals surface area contributed by atoms with Gasteiger partial charge in [-0.2, -0.15) is 0 Å². The van der Waals surface area contributed by atoms with Gasteiger partial charge in [0.2, 0.25) is 0 Å². The minimum Gasteiger partial charge on any atom is -0.493 e. The van der Waals surface area contributed by atoms with Crippen molar-refractivity contribution in [3.63, 3.8) is 0 Å². The van der Waals surface area contributed by atoms with Crippen LogP contribution >= 0.6 is 0 Å². The molecule has 1 aliphatic rings. The number of aliphatic hydroxyl groups is 1. The van der Waals surface area contributed by atoms with Crippen molar-refractivity contribution < 1.29 is 14.6 Å². The van der Waals surface area contributed by atoms with Crippen molar-refractivity contribution in [2.45, 2.75) is 38.7 Å². The molecular formula is C17H27NO3. The zero-order chi connectivity index (χ0) is 15.1. The highest BCUT2D eigenvalue weighted by Gasteiger charge is 2.28. The third kappa shape index (κ3) is 4.90. The summed E-state index contributed by atoms with van der Waals surface area (Å²) in [5, 5.41) is 13.4. The van der Waals surface area contributed by atoms with Crippen LogP contribution in [0.1, 0.15) is 32.6 Å². The van der Waals surface area contributed by atoms with E-state index in [1.54, 1.807) is 7.11 Å². The average molecular weight is 293 g/mol. The zero-order valence-electron chi connectivity index (χ0n) is 13.1. The molecule has 2 rings (SSSR count). The Labute approximate surface area is 127 Å². The van der Waals surface area contributed by atoms with E-state index in [4.69, 9.17) is 9.47 Å². The Morgan fingerprint density at radius 2 is 1.90 bits per heavy atom. The van der Waals surface area contributed by atoms with E-state index in [0.29, 0.717) is 23.5 Å². The maximum Gasteiger partial charge on any atom is 0.161 e. The van der Waals surface area contributed by atoms with Gasteiger partial charge in [-0.3, -0.25) is 0 Å². The lowest BCUT2D eigenvalue weighted by molar-refractivity contribution is 0.101. The predicted octanol–water partition coefficient (Wildman–Crippen LogP) is 2.60. The van der Waals surface area contributed by atoms with Gasteiger partial charge in [0.1, 0.15) is 12.7 Å². The average Bonchev–Trinajstić information content (AvgIpc) is 2.92. The number of nitrogens with one attached hydrogen (secondary N) is 1. The van der Waals surface area contributed by atoms with Crippen LogP contribution in [0.3, 0.4) is 0 Å². The summed E-state index contributed by atoms with van der Waals surface area (Å²) >= 11 is 0. The Morgan fingerprint density at radius 1 is 1.24 bits per heavy atom. The van der Waals surface area contributed by atoms with E-state index >= 15 is 0 Å². The second-order valence-electron chi connectivity index (χ2n) is 6.26. The lowest BCUT2D eigenvalue weighted by atomic mass is 9.89. The summed E-state index contributed by atoms with van der Waals surface area (Å²) in [7, 11) is 1.61. The molecule has 0 saturated heterocycles. The Hall–Kier alpha value is -1.26. The third-order valence-electron chi connectivity index (χ3n) is 4.24. The van der Waals surface area contributed by atoms with E-state index in [2.05, 4.69) is 12.2 Å². The highest BCUT2D eigenvalue weighted by molar-refractivity contribution is 5.39. The molecule has 1 saturated carbocycles. The molecule has 0 amide bonds. The van der Waals surface area contributed by atoms with Crippen molar-refractivity contribution in [3.05, 3.63) is 24.3 Å². The summed E-state index contributed by atoms with van der Waals surface area (Å²) in [6, 6.07) is 7.48. The minimum absolute atomic E-state index is 0.268. The molecule has 1 aliphatic carbocycles. The number of para-hydroxylation sites is 2. The molecule has 1 fully saturated rings. The summed E-state index contributed by atoms with van der Waals surface area (Å²) in [5.41, 5.74) is 0.406. The lowest BCUT2D eigenvalue weighted by Gasteiger charge is -2.24. The van der Waals surface area contributed by atoms with Gasteiger partial charge in [0, 0.05) is 13.1 Å². The maximum atomic E-state index is 10.0. The molecule has 0 aliphatic heterocycles. The minimum atomic E-state index is -0.514. The molecule has 1 atom stereocenters. The SMILES string of the molecule is COc1ccccc1OCC(O)CNCC1(C)CCCC1. The first-order valence-corrected chi connectivity index (χ1v) is 7.77. The lowest BCUT2D eigenvalue weighted by Crippen LogP contribution is -2.37. The normalized spacial score (nSPS) is 18.4. The Bertz CT molecular complexity index is 430. The largest absolute Gasteiger partial charge is 0.493 e. The highest BCUT2D eigenvalue weighted by Crippen LogP contribution is 2.36. The summed E-state index contributed by atoms with van der Waals surface area (Å²) in [4.78, 5) is 0. The van der Waals surface area contributed by atoms with Crippen LogP contribution in [0, 0.1) is 5.41 Å². The van der Waals surface area contributed by atoms with E-state index in [9.17, 15) is 5.11 Å². The van der Waals surface area contributed by atoms with Crippen molar-refractivity contribution in [1.82, 2.24) is 5.32 Å². The molecule has 1 aromatic carbocycles. The van der Waals surface area contributed by atoms with Crippen molar-refractivity contribution in [2.75, 3.05) is 26.8 Å². The molecule has 1 aromatic rings. The smallest absolute Gasteiger partial charge is 0.161 e. The van der Waals surface area contributed by atoms with Gasteiger partial charge in [-0.25, -0.2) is 0 Å². The van der Waals surface area contributed by atoms with Gasteiger partial charge < -0.3 is 19.9 Å². The van der Waals surface area contributed by atoms with Crippen molar-refractivity contribution in [2.24, 2.45) is 5.41 Å². The molecular weight excluding hydrogens is 266 g/mol. The second-order valence-corrected chi connectivity index (χ2v) is 6.26. The first kappa shape index (κ1) is 16.1. The number of methoxy groups -OCH3 is 1. The Kier molecular flexibility index (Phi) is 5.88. The summed E-state index contributed by atoms with van der Waals surface area (Å²) in [6.07, 6.45) is 4.72. The molecule has 0 bridgehead atoms. The zero-order valence-corrected chi connectivity index (χ0v) is 13.1. The van der Waals surface area contributed by atoms with Crippen LogP contribution in [0.2, 0.25) is 0 Å². The Morgan fingerprint density at radius 3 is 2.57 bits per heavy atom. The molecule has 21 heavy (non-hydrogen) atoms. The Balaban J connectivity index is 1.68. The van der Waals surface area contributed by atoms with Gasteiger partial charge in [0.05, 0.1) is 7.11 Å². The van der Waals surface area contributed by atoms with Crippen LogP contribution in [0.25, 0.3) is 0 Å². The molecule has 0 radical (unpaired) electrons. The summed E-state index contributed by atoms with van der Waals surface area (Å²) in [6.45, 7) is 4.12. The highest BCUT2D eigenvalue weighted by atomic mass is 16.5. The van der Waals surface area contributed by atoms with Crippen LogP contribution in [0.15, 0.2) is 24.3 Å². The fraction of sp³-hybridized carbons (Fsp3) is 0.647. The van der Waals surface area contributed by atoms with Gasteiger partial charge in [0.15, 0.2) is 11.5 Å². The molecule has 2 N–H and O–H groups in total. The summed E-state index contributed by atoms with van der Waals surface area (Å²) in [5.74, 6) is 1.36. The van der Waals surface area contributed by atoms with Gasteiger partial charge in [-0.1, -0.05) is 31.9 Å². The fourth-order valence-electron chi connectivity index (χ4n) is 2.93. The maximum absolute atomic E-state index is 10.0. The number of rotatable bonds is 8. The molecule has 0 spiro atoms. The first-order valence-electron chi connectivity index (χ1n) is 7.77. The monoisotopic (exact) mass is 293 g/mol. The van der Waals surface area contributed by atoms with Crippen LogP contribution in [0.5, 0.6) is 11.5 Å². The van der Waals surface area contributed by atoms with Gasteiger partial charge >= 0.3 is 0 Å². The number of aliphatic hydroxyl groups excluding tert-OH is 1. The summed E-state index contributed by atoms with van der Waals surface area (Å²) < 4.78 is 10.8. The van der Waals surface area contributed by atoms with E-state index in [-0.39, 0.29) is 6.61 Å². The molecule has 0 heterocycles. The van der Waals surface area contributed by atoms with Gasteiger partial charge in [-0.15, -0.1) is 0 Å². The number of hydrogen-bond donors (Lipinski definition) is 2. The second kappa shape index (κ2) is 7.66. The van der Waals surface area contributed by atoms with Crippen LogP contribution in [-0.4, -0.2) is 38.0 Å². The topological polar surface area (TPSA) is 50.7 Å². The van der Waals surface area contributed by atoms with E-state index in [0.717, 1.165) is 6.54 Å². The standard InChI is InChI=1S/C17H27NO3/c1-17(9-5-6-10-17)13-18-11-14(19)12-21-16-8-4-3-7-15(16)20-2/h3-4,7-8,14,18-19H,5-6,9-13H2,1-2H3. The van der Waals surface area contributed by atoms with Crippen LogP contribution < -0.4 is 14.8 Å². The number of ether oxygens (including phenoxy) is 2. The van der Waals surface area contributed by atoms with Crippen molar-refractivity contribution >= 4 is 0 Å².